The molecule has 1 aromatic carbocycles. The Hall–Kier alpha value is -1.35. The molecule has 0 aromatic heterocycles. The first kappa shape index (κ1) is 12.7. The maximum absolute atomic E-state index is 11.3. The first-order chi connectivity index (χ1) is 7.54. The van der Waals surface area contributed by atoms with Crippen molar-refractivity contribution >= 4 is 5.91 Å². The molecule has 1 aromatic rings. The summed E-state index contributed by atoms with van der Waals surface area (Å²) >= 11 is 0. The van der Waals surface area contributed by atoms with Crippen molar-refractivity contribution in [1.29, 1.82) is 0 Å². The molecule has 0 atom stereocenters. The summed E-state index contributed by atoms with van der Waals surface area (Å²) in [6.07, 6.45) is 0. The van der Waals surface area contributed by atoms with Crippen LogP contribution in [0.25, 0.3) is 0 Å². The van der Waals surface area contributed by atoms with Gasteiger partial charge in [-0.05, 0) is 50.1 Å². The molecule has 3 nitrogen and oxygen atoms in total. The van der Waals surface area contributed by atoms with Crippen LogP contribution in [0, 0.1) is 20.8 Å². The molecular formula is C13H20N2O. The van der Waals surface area contributed by atoms with E-state index in [4.69, 9.17) is 0 Å². The summed E-state index contributed by atoms with van der Waals surface area (Å²) in [4.78, 5) is 11.3. The Bertz CT molecular complexity index is 386. The number of benzene rings is 1. The lowest BCUT2D eigenvalue weighted by Crippen LogP contribution is -2.31. The van der Waals surface area contributed by atoms with Gasteiger partial charge in [0, 0.05) is 6.54 Å². The fraction of sp³-hybridized carbons (Fsp3) is 0.462. The third-order valence-corrected chi connectivity index (χ3v) is 2.77. The summed E-state index contributed by atoms with van der Waals surface area (Å²) in [5.74, 6) is 0.0279. The molecule has 0 saturated heterocycles. The van der Waals surface area contributed by atoms with Gasteiger partial charge in [0.2, 0.25) is 5.91 Å². The molecule has 16 heavy (non-hydrogen) atoms. The van der Waals surface area contributed by atoms with Gasteiger partial charge < -0.3 is 10.6 Å². The Morgan fingerprint density at radius 2 is 1.75 bits per heavy atom. The average Bonchev–Trinajstić information content (AvgIpc) is 2.22. The number of carbonyl (C=O) groups is 1. The Morgan fingerprint density at radius 1 is 1.12 bits per heavy atom. The average molecular weight is 220 g/mol. The lowest BCUT2D eigenvalue weighted by Gasteiger charge is -2.11. The van der Waals surface area contributed by atoms with E-state index in [9.17, 15) is 4.79 Å². The third-order valence-electron chi connectivity index (χ3n) is 2.77. The molecule has 88 valence electrons. The molecule has 2 N–H and O–H groups in total. The summed E-state index contributed by atoms with van der Waals surface area (Å²) in [7, 11) is 1.76. The number of aryl methyl sites for hydroxylation is 3. The van der Waals surface area contributed by atoms with E-state index in [1.54, 1.807) is 7.05 Å². The smallest absolute Gasteiger partial charge is 0.234 e. The van der Waals surface area contributed by atoms with E-state index >= 15 is 0 Å². The van der Waals surface area contributed by atoms with Crippen LogP contribution in [0.4, 0.5) is 0 Å². The quantitative estimate of drug-likeness (QED) is 0.806. The molecule has 0 radical (unpaired) electrons. The van der Waals surface area contributed by atoms with Crippen LogP contribution < -0.4 is 10.6 Å². The number of hydrogen-bond donors (Lipinski definition) is 2. The summed E-state index contributed by atoms with van der Waals surface area (Å²) in [6, 6.07) is 4.30. The molecular weight excluding hydrogens is 200 g/mol. The highest BCUT2D eigenvalue weighted by Crippen LogP contribution is 2.14. The zero-order valence-electron chi connectivity index (χ0n) is 10.5. The van der Waals surface area contributed by atoms with Gasteiger partial charge in [0.1, 0.15) is 0 Å². The number of hydrogen-bond acceptors (Lipinski definition) is 2. The molecule has 0 aliphatic carbocycles. The molecule has 3 heteroatoms. The van der Waals surface area contributed by atoms with Crippen molar-refractivity contribution in [1.82, 2.24) is 10.6 Å². The van der Waals surface area contributed by atoms with Gasteiger partial charge in [0.25, 0.3) is 0 Å². The van der Waals surface area contributed by atoms with Crippen LogP contribution in [0.5, 0.6) is 0 Å². The maximum atomic E-state index is 11.3. The van der Waals surface area contributed by atoms with Crippen molar-refractivity contribution in [3.8, 4) is 0 Å². The second-order valence-electron chi connectivity index (χ2n) is 4.17. The molecule has 0 spiro atoms. The zero-order chi connectivity index (χ0) is 12.1. The first-order valence-electron chi connectivity index (χ1n) is 5.52. The van der Waals surface area contributed by atoms with Crippen molar-refractivity contribution in [2.75, 3.05) is 13.6 Å². The van der Waals surface area contributed by atoms with Crippen molar-refractivity contribution in [2.45, 2.75) is 27.3 Å². The van der Waals surface area contributed by atoms with Gasteiger partial charge >= 0.3 is 0 Å². The minimum atomic E-state index is 0.0279. The van der Waals surface area contributed by atoms with Crippen molar-refractivity contribution in [3.05, 3.63) is 34.4 Å². The summed E-state index contributed by atoms with van der Waals surface area (Å²) < 4.78 is 0. The van der Waals surface area contributed by atoms with Gasteiger partial charge in [0.05, 0.1) is 6.54 Å². The van der Waals surface area contributed by atoms with Gasteiger partial charge in [-0.25, -0.2) is 0 Å². The predicted octanol–water partition coefficient (Wildman–Crippen LogP) is 1.45. The van der Waals surface area contributed by atoms with Gasteiger partial charge in [0.15, 0.2) is 0 Å². The highest BCUT2D eigenvalue weighted by Gasteiger charge is 2.03. The molecule has 1 rings (SSSR count). The van der Waals surface area contributed by atoms with E-state index in [2.05, 4.69) is 43.5 Å². The molecule has 0 bridgehead atoms. The first-order valence-corrected chi connectivity index (χ1v) is 5.52. The number of carbonyl (C=O) groups excluding carboxylic acids is 1. The lowest BCUT2D eigenvalue weighted by atomic mass is 10.0. The van der Waals surface area contributed by atoms with Crippen LogP contribution in [0.15, 0.2) is 12.1 Å². The summed E-state index contributed by atoms with van der Waals surface area (Å²) in [5.41, 5.74) is 4.98. The van der Waals surface area contributed by atoms with Crippen LogP contribution in [-0.2, 0) is 11.3 Å². The Kier molecular flexibility index (Phi) is 4.50. The molecule has 0 heterocycles. The van der Waals surface area contributed by atoms with Crippen LogP contribution in [0.2, 0.25) is 0 Å². The highest BCUT2D eigenvalue weighted by molar-refractivity contribution is 5.77. The number of likely N-dealkylation sites (N-methyl/N-ethyl adjacent to an activating group) is 1. The van der Waals surface area contributed by atoms with Crippen molar-refractivity contribution in [3.63, 3.8) is 0 Å². The summed E-state index contributed by atoms with van der Waals surface area (Å²) in [5, 5.41) is 5.71. The van der Waals surface area contributed by atoms with E-state index in [0.29, 0.717) is 13.1 Å². The van der Waals surface area contributed by atoms with Crippen LogP contribution >= 0.6 is 0 Å². The molecule has 1 amide bonds. The van der Waals surface area contributed by atoms with E-state index in [1.165, 1.54) is 22.3 Å². The van der Waals surface area contributed by atoms with Gasteiger partial charge in [-0.15, -0.1) is 0 Å². The van der Waals surface area contributed by atoms with Crippen molar-refractivity contribution < 1.29 is 4.79 Å². The number of rotatable bonds is 4. The largest absolute Gasteiger partial charge is 0.351 e. The minimum absolute atomic E-state index is 0.0279. The normalized spacial score (nSPS) is 10.2. The van der Waals surface area contributed by atoms with Crippen molar-refractivity contribution in [2.24, 2.45) is 0 Å². The van der Waals surface area contributed by atoms with E-state index in [-0.39, 0.29) is 5.91 Å². The van der Waals surface area contributed by atoms with Crippen LogP contribution in [-0.4, -0.2) is 19.5 Å². The fourth-order valence-corrected chi connectivity index (χ4v) is 1.63. The van der Waals surface area contributed by atoms with Crippen LogP contribution in [0.1, 0.15) is 22.3 Å². The predicted molar refractivity (Wildman–Crippen MR) is 66.4 cm³/mol. The fourth-order valence-electron chi connectivity index (χ4n) is 1.63. The van der Waals surface area contributed by atoms with E-state index in [1.807, 2.05) is 0 Å². The Labute approximate surface area is 97.2 Å². The Balaban J connectivity index is 2.67. The zero-order valence-corrected chi connectivity index (χ0v) is 10.5. The van der Waals surface area contributed by atoms with E-state index in [0.717, 1.165) is 0 Å². The second kappa shape index (κ2) is 5.66. The molecule has 0 saturated carbocycles. The molecule has 0 aliphatic heterocycles. The molecule has 0 aliphatic rings. The topological polar surface area (TPSA) is 41.1 Å². The third kappa shape index (κ3) is 3.35. The summed E-state index contributed by atoms with van der Waals surface area (Å²) in [6.45, 7) is 7.24. The molecule has 0 unspecified atom stereocenters. The van der Waals surface area contributed by atoms with Gasteiger partial charge in [-0.3, -0.25) is 4.79 Å². The number of nitrogens with one attached hydrogen (secondary N) is 2. The standard InChI is InChI=1S/C13H20N2O/c1-9-5-11(3)12(6-10(9)2)7-15-13(16)8-14-4/h5-6,14H,7-8H2,1-4H3,(H,15,16). The Morgan fingerprint density at radius 3 is 2.38 bits per heavy atom. The number of amides is 1. The SMILES string of the molecule is CNCC(=O)NCc1cc(C)c(C)cc1C. The second-order valence-corrected chi connectivity index (χ2v) is 4.17. The lowest BCUT2D eigenvalue weighted by molar-refractivity contribution is -0.120. The van der Waals surface area contributed by atoms with Crippen LogP contribution in [0.3, 0.4) is 0 Å². The molecule has 0 fully saturated rings. The highest BCUT2D eigenvalue weighted by atomic mass is 16.1. The van der Waals surface area contributed by atoms with E-state index < -0.39 is 0 Å². The maximum Gasteiger partial charge on any atom is 0.234 e. The van der Waals surface area contributed by atoms with Gasteiger partial charge in [-0.2, -0.15) is 0 Å². The monoisotopic (exact) mass is 220 g/mol. The van der Waals surface area contributed by atoms with Gasteiger partial charge in [-0.1, -0.05) is 12.1 Å². The minimum Gasteiger partial charge on any atom is -0.351 e.